The lowest BCUT2D eigenvalue weighted by molar-refractivity contribution is 0.415. The summed E-state index contributed by atoms with van der Waals surface area (Å²) in [7, 11) is 1.63. The van der Waals surface area contributed by atoms with Crippen molar-refractivity contribution in [1.29, 1.82) is 5.26 Å². The molecule has 3 rings (SSSR count). The van der Waals surface area contributed by atoms with E-state index in [1.807, 2.05) is 24.3 Å². The molecule has 4 N–H and O–H groups in total. The molecule has 130 valence electrons. The highest BCUT2D eigenvalue weighted by Gasteiger charge is 2.24. The van der Waals surface area contributed by atoms with Gasteiger partial charge in [0.25, 0.3) is 0 Å². The highest BCUT2D eigenvalue weighted by Crippen LogP contribution is 2.30. The largest absolute Gasteiger partial charge is 0.497 e. The van der Waals surface area contributed by atoms with Gasteiger partial charge in [-0.05, 0) is 49.4 Å². The minimum absolute atomic E-state index is 0.187. The van der Waals surface area contributed by atoms with Gasteiger partial charge in [-0.3, -0.25) is 0 Å². The lowest BCUT2D eigenvalue weighted by Crippen LogP contribution is -2.14. The van der Waals surface area contributed by atoms with E-state index < -0.39 is 0 Å². The summed E-state index contributed by atoms with van der Waals surface area (Å²) in [6.45, 7) is 0.768. The van der Waals surface area contributed by atoms with E-state index in [2.05, 4.69) is 26.7 Å². The number of methoxy groups -OCH3 is 1. The van der Waals surface area contributed by atoms with Crippen LogP contribution in [0.3, 0.4) is 0 Å². The summed E-state index contributed by atoms with van der Waals surface area (Å²) < 4.78 is 5.15. The quantitative estimate of drug-likeness (QED) is 0.742. The van der Waals surface area contributed by atoms with Gasteiger partial charge in [-0.1, -0.05) is 0 Å². The van der Waals surface area contributed by atoms with Gasteiger partial charge in [0.15, 0.2) is 5.82 Å². The van der Waals surface area contributed by atoms with Crippen LogP contribution in [0.5, 0.6) is 5.75 Å². The number of aromatic nitrogens is 2. The van der Waals surface area contributed by atoms with Gasteiger partial charge in [0, 0.05) is 18.2 Å². The van der Waals surface area contributed by atoms with Crippen molar-refractivity contribution in [2.45, 2.75) is 19.3 Å². The third-order valence-electron chi connectivity index (χ3n) is 4.44. The predicted molar refractivity (Wildman–Crippen MR) is 97.7 cm³/mol. The monoisotopic (exact) mass is 338 g/mol. The van der Waals surface area contributed by atoms with E-state index in [9.17, 15) is 0 Å². The van der Waals surface area contributed by atoms with Gasteiger partial charge in [0.05, 0.1) is 25.1 Å². The average molecular weight is 338 g/mol. The lowest BCUT2D eigenvalue weighted by atomic mass is 10.1. The second-order valence-corrected chi connectivity index (χ2v) is 6.24. The molecule has 1 aromatic heterocycles. The van der Waals surface area contributed by atoms with Crippen molar-refractivity contribution >= 4 is 23.1 Å². The number of anilines is 4. The molecule has 2 aromatic rings. The molecule has 7 nitrogen and oxygen atoms in total. The van der Waals surface area contributed by atoms with Crippen LogP contribution in [0.1, 0.15) is 19.3 Å². The van der Waals surface area contributed by atoms with Crippen LogP contribution >= 0.6 is 0 Å². The summed E-state index contributed by atoms with van der Waals surface area (Å²) in [5.74, 6) is 2.56. The van der Waals surface area contributed by atoms with Crippen LogP contribution in [-0.2, 0) is 0 Å². The lowest BCUT2D eigenvalue weighted by Gasteiger charge is -2.13. The molecule has 0 spiro atoms. The molecule has 1 aromatic carbocycles. The number of benzene rings is 1. The molecule has 1 fully saturated rings. The van der Waals surface area contributed by atoms with Crippen LogP contribution in [0, 0.1) is 23.2 Å². The van der Waals surface area contributed by atoms with Crippen molar-refractivity contribution in [3.63, 3.8) is 0 Å². The number of hydrogen-bond acceptors (Lipinski definition) is 7. The van der Waals surface area contributed by atoms with Gasteiger partial charge in [0.1, 0.15) is 5.75 Å². The van der Waals surface area contributed by atoms with Gasteiger partial charge in [-0.2, -0.15) is 10.2 Å². The summed E-state index contributed by atoms with van der Waals surface area (Å²) in [6, 6.07) is 9.87. The first-order valence-electron chi connectivity index (χ1n) is 8.35. The van der Waals surface area contributed by atoms with Crippen molar-refractivity contribution in [2.24, 2.45) is 11.8 Å². The Hall–Kier alpha value is -3.01. The third kappa shape index (κ3) is 4.29. The maximum atomic E-state index is 8.98. The molecule has 0 saturated heterocycles. The summed E-state index contributed by atoms with van der Waals surface area (Å²) >= 11 is 0. The number of rotatable bonds is 6. The number of nitriles is 1. The molecule has 2 unspecified atom stereocenters. The van der Waals surface area contributed by atoms with Crippen LogP contribution < -0.4 is 21.1 Å². The number of nitrogen functional groups attached to an aromatic ring is 1. The normalized spacial score (nSPS) is 19.2. The molecule has 2 atom stereocenters. The molecule has 1 saturated carbocycles. The topological polar surface area (TPSA) is 109 Å². The second kappa shape index (κ2) is 7.71. The molecule has 1 aliphatic rings. The van der Waals surface area contributed by atoms with E-state index in [4.69, 9.17) is 15.7 Å². The van der Waals surface area contributed by atoms with Crippen molar-refractivity contribution in [2.75, 3.05) is 30.0 Å². The number of nitrogens with zero attached hydrogens (tertiary/aromatic N) is 3. The molecule has 0 aliphatic heterocycles. The number of nitrogens with one attached hydrogen (secondary N) is 2. The first-order chi connectivity index (χ1) is 12.2. The van der Waals surface area contributed by atoms with Crippen molar-refractivity contribution in [3.05, 3.63) is 30.5 Å². The fourth-order valence-electron chi connectivity index (χ4n) is 3.00. The van der Waals surface area contributed by atoms with Gasteiger partial charge in [0.2, 0.25) is 5.95 Å². The molecule has 1 heterocycles. The molecule has 0 bridgehead atoms. The molecule has 1 aliphatic carbocycles. The van der Waals surface area contributed by atoms with Crippen LogP contribution in [0.15, 0.2) is 30.5 Å². The molecule has 7 heteroatoms. The molecular formula is C18H22N6O. The SMILES string of the molecule is COc1ccc(Nc2nc(NCC3CCC(C#N)C3)ncc2N)cc1. The number of hydrogen-bond donors (Lipinski definition) is 3. The van der Waals surface area contributed by atoms with E-state index in [1.54, 1.807) is 13.3 Å². The first kappa shape index (κ1) is 16.8. The maximum Gasteiger partial charge on any atom is 0.224 e. The molecule has 0 radical (unpaired) electrons. The Kier molecular flexibility index (Phi) is 5.19. The molecule has 25 heavy (non-hydrogen) atoms. The number of ether oxygens (including phenoxy) is 1. The zero-order chi connectivity index (χ0) is 17.6. The first-order valence-corrected chi connectivity index (χ1v) is 8.35. The maximum absolute atomic E-state index is 8.98. The zero-order valence-corrected chi connectivity index (χ0v) is 14.2. The van der Waals surface area contributed by atoms with Crippen molar-refractivity contribution < 1.29 is 4.74 Å². The Bertz CT molecular complexity index is 755. The summed E-state index contributed by atoms with van der Waals surface area (Å²) in [4.78, 5) is 8.69. The Morgan fingerprint density at radius 1 is 1.32 bits per heavy atom. The highest BCUT2D eigenvalue weighted by atomic mass is 16.5. The van der Waals surface area contributed by atoms with Crippen molar-refractivity contribution in [1.82, 2.24) is 9.97 Å². The van der Waals surface area contributed by atoms with Gasteiger partial charge < -0.3 is 21.1 Å². The van der Waals surface area contributed by atoms with E-state index in [1.165, 1.54) is 0 Å². The molecular weight excluding hydrogens is 316 g/mol. The number of nitrogens with two attached hydrogens (primary N) is 1. The van der Waals surface area contributed by atoms with Crippen LogP contribution in [0.2, 0.25) is 0 Å². The van der Waals surface area contributed by atoms with E-state index in [0.29, 0.717) is 23.4 Å². The second-order valence-electron chi connectivity index (χ2n) is 6.24. The van der Waals surface area contributed by atoms with Crippen LogP contribution in [0.25, 0.3) is 0 Å². The summed E-state index contributed by atoms with van der Waals surface area (Å²) in [6.07, 6.45) is 4.58. The fourth-order valence-corrected chi connectivity index (χ4v) is 3.00. The third-order valence-corrected chi connectivity index (χ3v) is 4.44. The van der Waals surface area contributed by atoms with Crippen molar-refractivity contribution in [3.8, 4) is 11.8 Å². The minimum atomic E-state index is 0.187. The van der Waals surface area contributed by atoms with Crippen LogP contribution in [0.4, 0.5) is 23.1 Å². The predicted octanol–water partition coefficient (Wildman–Crippen LogP) is 3.16. The van der Waals surface area contributed by atoms with E-state index in [-0.39, 0.29) is 5.92 Å². The summed E-state index contributed by atoms with van der Waals surface area (Å²) in [5.41, 5.74) is 7.32. The Morgan fingerprint density at radius 3 is 2.80 bits per heavy atom. The Balaban J connectivity index is 1.62. The highest BCUT2D eigenvalue weighted by molar-refractivity contribution is 5.69. The standard InChI is InChI=1S/C18H22N6O/c1-25-15-6-4-14(5-7-15)23-17-16(20)11-22-18(24-17)21-10-13-3-2-12(8-13)9-19/h4-7,11-13H,2-3,8,10,20H2,1H3,(H2,21,22,23,24). The van der Waals surface area contributed by atoms with Crippen LogP contribution in [-0.4, -0.2) is 23.6 Å². The minimum Gasteiger partial charge on any atom is -0.497 e. The zero-order valence-electron chi connectivity index (χ0n) is 14.2. The van der Waals surface area contributed by atoms with E-state index in [0.717, 1.165) is 37.2 Å². The Morgan fingerprint density at radius 2 is 2.12 bits per heavy atom. The fraction of sp³-hybridized carbons (Fsp3) is 0.389. The Labute approximate surface area is 147 Å². The smallest absolute Gasteiger partial charge is 0.224 e. The van der Waals surface area contributed by atoms with Gasteiger partial charge in [-0.25, -0.2) is 4.98 Å². The molecule has 0 amide bonds. The van der Waals surface area contributed by atoms with Gasteiger partial charge in [-0.15, -0.1) is 0 Å². The van der Waals surface area contributed by atoms with E-state index >= 15 is 0 Å². The van der Waals surface area contributed by atoms with Gasteiger partial charge >= 0.3 is 0 Å². The summed E-state index contributed by atoms with van der Waals surface area (Å²) in [5, 5.41) is 15.4. The average Bonchev–Trinajstić information content (AvgIpc) is 3.11.